The molecule has 0 aromatic carbocycles. The van der Waals surface area contributed by atoms with Crippen molar-refractivity contribution in [3.05, 3.63) is 0 Å². The first-order valence-corrected chi connectivity index (χ1v) is 13.1. The van der Waals surface area contributed by atoms with Crippen molar-refractivity contribution in [3.8, 4) is 0 Å². The maximum absolute atomic E-state index is 10.7. The number of hydrogen-bond donors (Lipinski definition) is 8. The maximum atomic E-state index is 10.7. The van der Waals surface area contributed by atoms with Crippen molar-refractivity contribution in [1.82, 2.24) is 0 Å². The van der Waals surface area contributed by atoms with Crippen molar-refractivity contribution in [2.45, 2.75) is 125 Å². The molecule has 12 heteroatoms. The molecular formula is C24H40O12. The smallest absolute Gasteiger partial charge is 0.187 e. The first kappa shape index (κ1) is 27.1. The summed E-state index contributed by atoms with van der Waals surface area (Å²) in [4.78, 5) is 0. The second-order valence-electron chi connectivity index (χ2n) is 11.4. The minimum Gasteiger partial charge on any atom is -0.394 e. The topological polar surface area (TPSA) is 199 Å². The van der Waals surface area contributed by atoms with Crippen LogP contribution in [-0.4, -0.2) is 133 Å². The van der Waals surface area contributed by atoms with Crippen LogP contribution in [0.4, 0.5) is 0 Å². The van der Waals surface area contributed by atoms with Gasteiger partial charge < -0.3 is 59.8 Å². The summed E-state index contributed by atoms with van der Waals surface area (Å²) >= 11 is 0. The highest BCUT2D eigenvalue weighted by atomic mass is 16.7. The van der Waals surface area contributed by atoms with E-state index in [1.807, 2.05) is 6.92 Å². The first-order chi connectivity index (χ1) is 17.1. The van der Waals surface area contributed by atoms with Gasteiger partial charge in [0, 0.05) is 5.92 Å². The van der Waals surface area contributed by atoms with Gasteiger partial charge in [0.15, 0.2) is 6.29 Å². The van der Waals surface area contributed by atoms with Gasteiger partial charge in [-0.1, -0.05) is 0 Å². The number of hydrogen-bond acceptors (Lipinski definition) is 12. The first-order valence-electron chi connectivity index (χ1n) is 13.1. The molecule has 5 rings (SSSR count). The minimum atomic E-state index is -1.60. The monoisotopic (exact) mass is 520 g/mol. The van der Waals surface area contributed by atoms with Gasteiger partial charge in [-0.3, -0.25) is 0 Å². The fourth-order valence-electron chi connectivity index (χ4n) is 7.21. The van der Waals surface area contributed by atoms with Crippen molar-refractivity contribution >= 4 is 0 Å². The standard InChI is InChI=1S/C24H40O12/c1-8-2-11-17-14(33-8)5-10(26)6-15(17)34-22(9-3-12(27)18(29)13(28)4-9)23(11)36-24-21(32)20(31)19(30)16(7-25)35-24/h8-32H,2-7H2,1H3. The number of aliphatic hydroxyl groups is 8. The quantitative estimate of drug-likeness (QED) is 0.187. The lowest BCUT2D eigenvalue weighted by Gasteiger charge is -2.58. The van der Waals surface area contributed by atoms with Crippen molar-refractivity contribution in [2.75, 3.05) is 6.61 Å². The lowest BCUT2D eigenvalue weighted by molar-refractivity contribution is -0.351. The average Bonchev–Trinajstić information content (AvgIpc) is 2.83. The van der Waals surface area contributed by atoms with Gasteiger partial charge >= 0.3 is 0 Å². The predicted octanol–water partition coefficient (Wildman–Crippen LogP) is -3.00. The van der Waals surface area contributed by atoms with Gasteiger partial charge in [-0.2, -0.15) is 0 Å². The third-order valence-electron chi connectivity index (χ3n) is 8.93. The van der Waals surface area contributed by atoms with E-state index in [2.05, 4.69) is 0 Å². The summed E-state index contributed by atoms with van der Waals surface area (Å²) in [6.45, 7) is 1.35. The summed E-state index contributed by atoms with van der Waals surface area (Å²) in [5.41, 5.74) is 0. The molecule has 5 aliphatic rings. The van der Waals surface area contributed by atoms with E-state index in [0.717, 1.165) is 0 Å². The summed E-state index contributed by atoms with van der Waals surface area (Å²) in [6, 6.07) is 0. The second kappa shape index (κ2) is 10.6. The molecule has 3 saturated heterocycles. The molecular weight excluding hydrogens is 480 g/mol. The van der Waals surface area contributed by atoms with Crippen LogP contribution in [0.5, 0.6) is 0 Å². The molecule has 3 heterocycles. The van der Waals surface area contributed by atoms with E-state index in [4.69, 9.17) is 18.9 Å². The third-order valence-corrected chi connectivity index (χ3v) is 8.93. The molecule has 5 fully saturated rings. The van der Waals surface area contributed by atoms with Crippen molar-refractivity contribution < 1.29 is 59.8 Å². The Kier molecular flexibility index (Phi) is 7.97. The van der Waals surface area contributed by atoms with Crippen LogP contribution in [0.25, 0.3) is 0 Å². The zero-order chi connectivity index (χ0) is 25.9. The van der Waals surface area contributed by atoms with Crippen LogP contribution in [-0.2, 0) is 18.9 Å². The Morgan fingerprint density at radius 1 is 0.722 bits per heavy atom. The Labute approximate surface area is 209 Å². The van der Waals surface area contributed by atoms with Gasteiger partial charge in [-0.05, 0) is 50.9 Å². The lowest BCUT2D eigenvalue weighted by atomic mass is 9.64. The van der Waals surface area contributed by atoms with Gasteiger partial charge in [0.2, 0.25) is 0 Å². The molecule has 0 aromatic rings. The van der Waals surface area contributed by atoms with E-state index in [9.17, 15) is 40.9 Å². The molecule has 15 unspecified atom stereocenters. The van der Waals surface area contributed by atoms with Crippen LogP contribution >= 0.6 is 0 Å². The molecule has 2 saturated carbocycles. The Morgan fingerprint density at radius 3 is 2.00 bits per heavy atom. The molecule has 208 valence electrons. The Hall–Kier alpha value is -0.480. The molecule has 0 spiro atoms. The highest BCUT2D eigenvalue weighted by molar-refractivity contribution is 5.05. The fourth-order valence-corrected chi connectivity index (χ4v) is 7.21. The highest BCUT2D eigenvalue weighted by Gasteiger charge is 2.58. The molecule has 0 aromatic heterocycles. The molecule has 0 bridgehead atoms. The normalized spacial score (nSPS) is 57.8. The molecule has 15 atom stereocenters. The zero-order valence-corrected chi connectivity index (χ0v) is 20.3. The van der Waals surface area contributed by atoms with Gasteiger partial charge in [-0.25, -0.2) is 0 Å². The summed E-state index contributed by atoms with van der Waals surface area (Å²) in [7, 11) is 0. The average molecular weight is 521 g/mol. The molecule has 36 heavy (non-hydrogen) atoms. The Bertz CT molecular complexity index is 741. The van der Waals surface area contributed by atoms with E-state index in [-0.39, 0.29) is 43.0 Å². The van der Waals surface area contributed by atoms with E-state index >= 15 is 0 Å². The minimum absolute atomic E-state index is 0.111. The van der Waals surface area contributed by atoms with Crippen LogP contribution in [0.15, 0.2) is 0 Å². The van der Waals surface area contributed by atoms with Crippen molar-refractivity contribution in [3.63, 3.8) is 0 Å². The summed E-state index contributed by atoms with van der Waals surface area (Å²) < 4.78 is 24.7. The van der Waals surface area contributed by atoms with E-state index in [1.165, 1.54) is 0 Å². The predicted molar refractivity (Wildman–Crippen MR) is 119 cm³/mol. The Balaban J connectivity index is 1.46. The maximum Gasteiger partial charge on any atom is 0.187 e. The number of aliphatic hydroxyl groups excluding tert-OH is 8. The van der Waals surface area contributed by atoms with Gasteiger partial charge in [0.1, 0.15) is 30.5 Å². The molecule has 2 aliphatic carbocycles. The van der Waals surface area contributed by atoms with Crippen molar-refractivity contribution in [2.24, 2.45) is 17.8 Å². The van der Waals surface area contributed by atoms with Crippen LogP contribution in [0.2, 0.25) is 0 Å². The molecule has 0 amide bonds. The highest BCUT2D eigenvalue weighted by Crippen LogP contribution is 2.50. The van der Waals surface area contributed by atoms with E-state index in [0.29, 0.717) is 19.3 Å². The second-order valence-corrected chi connectivity index (χ2v) is 11.4. The molecule has 12 nitrogen and oxygen atoms in total. The van der Waals surface area contributed by atoms with Crippen LogP contribution in [0.1, 0.15) is 39.0 Å². The van der Waals surface area contributed by atoms with Crippen LogP contribution in [0, 0.1) is 17.8 Å². The summed E-state index contributed by atoms with van der Waals surface area (Å²) in [6.07, 6.45) is -11.8. The van der Waals surface area contributed by atoms with E-state index < -0.39 is 79.9 Å². The number of ether oxygens (including phenoxy) is 4. The van der Waals surface area contributed by atoms with E-state index in [1.54, 1.807) is 0 Å². The van der Waals surface area contributed by atoms with Gasteiger partial charge in [-0.15, -0.1) is 0 Å². The summed E-state index contributed by atoms with van der Waals surface area (Å²) in [5, 5.41) is 82.1. The van der Waals surface area contributed by atoms with Gasteiger partial charge in [0.05, 0.1) is 55.4 Å². The van der Waals surface area contributed by atoms with Gasteiger partial charge in [0.25, 0.3) is 0 Å². The third kappa shape index (κ3) is 4.85. The molecule has 8 N–H and O–H groups in total. The van der Waals surface area contributed by atoms with Crippen molar-refractivity contribution in [1.29, 1.82) is 0 Å². The summed E-state index contributed by atoms with van der Waals surface area (Å²) in [5.74, 6) is -0.673. The largest absolute Gasteiger partial charge is 0.394 e. The number of rotatable bonds is 4. The lowest BCUT2D eigenvalue weighted by Crippen LogP contribution is -2.66. The molecule has 3 aliphatic heterocycles. The Morgan fingerprint density at radius 2 is 1.36 bits per heavy atom. The van der Waals surface area contributed by atoms with Crippen LogP contribution in [0.3, 0.4) is 0 Å². The molecule has 0 radical (unpaired) electrons. The zero-order valence-electron chi connectivity index (χ0n) is 20.3. The SMILES string of the molecule is CC1CC2C(OC3OC(CO)C(O)C(O)C3O)C(C3CC(O)C(O)C(O)C3)OC3CC(O)CC(O1)C32. The van der Waals surface area contributed by atoms with Crippen LogP contribution < -0.4 is 0 Å². The fraction of sp³-hybridized carbons (Fsp3) is 1.00.